The number of rotatable bonds is 9. The number of hydrogen-bond acceptors (Lipinski definition) is 5. The molecule has 26 heavy (non-hydrogen) atoms. The Morgan fingerprint density at radius 2 is 1.69 bits per heavy atom. The number of aryl methyl sites for hydroxylation is 1. The van der Waals surface area contributed by atoms with E-state index < -0.39 is 5.97 Å². The molecular weight excluding hydrogens is 334 g/mol. The molecule has 0 atom stereocenters. The van der Waals surface area contributed by atoms with E-state index in [2.05, 4.69) is 5.32 Å². The highest BCUT2D eigenvalue weighted by Gasteiger charge is 2.09. The zero-order valence-corrected chi connectivity index (χ0v) is 15.0. The summed E-state index contributed by atoms with van der Waals surface area (Å²) < 4.78 is 15.7. The third-order valence-corrected chi connectivity index (χ3v) is 3.69. The molecule has 0 aliphatic heterocycles. The number of carbonyl (C=O) groups is 2. The van der Waals surface area contributed by atoms with E-state index in [4.69, 9.17) is 14.2 Å². The number of benzene rings is 2. The van der Waals surface area contributed by atoms with E-state index in [0.29, 0.717) is 12.3 Å². The van der Waals surface area contributed by atoms with Gasteiger partial charge in [0.2, 0.25) is 0 Å². The van der Waals surface area contributed by atoms with E-state index in [-0.39, 0.29) is 25.5 Å². The molecule has 0 aliphatic rings. The van der Waals surface area contributed by atoms with Crippen LogP contribution in [0.15, 0.2) is 48.5 Å². The highest BCUT2D eigenvalue weighted by molar-refractivity contribution is 5.80. The molecule has 0 saturated heterocycles. The predicted octanol–water partition coefficient (Wildman–Crippen LogP) is 2.63. The molecular formula is C20H23NO5. The summed E-state index contributed by atoms with van der Waals surface area (Å²) in [4.78, 5) is 23.5. The van der Waals surface area contributed by atoms with Crippen LogP contribution in [0.1, 0.15) is 17.5 Å². The normalized spacial score (nSPS) is 10.1. The second-order valence-corrected chi connectivity index (χ2v) is 5.61. The molecule has 0 saturated carbocycles. The molecule has 0 unspecified atom stereocenters. The summed E-state index contributed by atoms with van der Waals surface area (Å²) in [5, 5.41) is 2.69. The first kappa shape index (κ1) is 19.3. The van der Waals surface area contributed by atoms with E-state index in [0.717, 1.165) is 16.9 Å². The summed E-state index contributed by atoms with van der Waals surface area (Å²) in [7, 11) is 1.57. The first-order valence-electron chi connectivity index (χ1n) is 8.33. The zero-order chi connectivity index (χ0) is 18.8. The smallest absolute Gasteiger partial charge is 0.309 e. The molecule has 0 aromatic heterocycles. The molecule has 6 heteroatoms. The van der Waals surface area contributed by atoms with Gasteiger partial charge in [-0.1, -0.05) is 36.4 Å². The summed E-state index contributed by atoms with van der Waals surface area (Å²) >= 11 is 0. The number of hydrogen-bond donors (Lipinski definition) is 1. The van der Waals surface area contributed by atoms with E-state index in [1.54, 1.807) is 7.11 Å². The van der Waals surface area contributed by atoms with Crippen molar-refractivity contribution in [2.75, 3.05) is 20.3 Å². The van der Waals surface area contributed by atoms with E-state index in [9.17, 15) is 9.59 Å². The maximum absolute atomic E-state index is 11.8. The van der Waals surface area contributed by atoms with Crippen molar-refractivity contribution in [3.8, 4) is 11.5 Å². The number of nitrogens with one attached hydrogen (secondary N) is 1. The van der Waals surface area contributed by atoms with Crippen molar-refractivity contribution in [2.24, 2.45) is 0 Å². The van der Waals surface area contributed by atoms with Crippen LogP contribution >= 0.6 is 0 Å². The highest BCUT2D eigenvalue weighted by atomic mass is 16.5. The number of para-hydroxylation sites is 2. The first-order chi connectivity index (χ1) is 12.6. The van der Waals surface area contributed by atoms with Gasteiger partial charge in [0.1, 0.15) is 11.5 Å². The first-order valence-corrected chi connectivity index (χ1v) is 8.33. The SMILES string of the molecule is COc1ccccc1CNC(=O)COC(=O)CCOc1ccccc1C. The molecule has 2 aromatic rings. The van der Waals surface area contributed by atoms with Gasteiger partial charge in [-0.3, -0.25) is 9.59 Å². The Morgan fingerprint density at radius 1 is 1.00 bits per heavy atom. The largest absolute Gasteiger partial charge is 0.496 e. The van der Waals surface area contributed by atoms with Crippen molar-refractivity contribution < 1.29 is 23.8 Å². The van der Waals surface area contributed by atoms with Crippen LogP contribution in [-0.4, -0.2) is 32.2 Å². The van der Waals surface area contributed by atoms with Gasteiger partial charge >= 0.3 is 5.97 Å². The van der Waals surface area contributed by atoms with Crippen LogP contribution in [0.4, 0.5) is 0 Å². The van der Waals surface area contributed by atoms with Gasteiger partial charge in [0.05, 0.1) is 20.1 Å². The fourth-order valence-corrected chi connectivity index (χ4v) is 2.27. The lowest BCUT2D eigenvalue weighted by Gasteiger charge is -2.10. The van der Waals surface area contributed by atoms with E-state index in [1.807, 2.05) is 55.5 Å². The maximum atomic E-state index is 11.8. The van der Waals surface area contributed by atoms with Crippen molar-refractivity contribution in [3.05, 3.63) is 59.7 Å². The second-order valence-electron chi connectivity index (χ2n) is 5.61. The topological polar surface area (TPSA) is 73.9 Å². The molecule has 0 heterocycles. The maximum Gasteiger partial charge on any atom is 0.309 e. The van der Waals surface area contributed by atoms with E-state index in [1.165, 1.54) is 0 Å². The third-order valence-electron chi connectivity index (χ3n) is 3.69. The number of amides is 1. The molecule has 0 aliphatic carbocycles. The van der Waals surface area contributed by atoms with Crippen LogP contribution in [0.3, 0.4) is 0 Å². The fraction of sp³-hybridized carbons (Fsp3) is 0.300. The second kappa shape index (κ2) is 10.1. The summed E-state index contributed by atoms with van der Waals surface area (Å²) in [6.45, 7) is 2.11. The van der Waals surface area contributed by atoms with Crippen LogP contribution in [0.2, 0.25) is 0 Å². The monoisotopic (exact) mass is 357 g/mol. The molecule has 1 N–H and O–H groups in total. The van der Waals surface area contributed by atoms with Crippen molar-refractivity contribution in [2.45, 2.75) is 19.9 Å². The molecule has 1 amide bonds. The average Bonchev–Trinajstić information content (AvgIpc) is 2.66. The lowest BCUT2D eigenvalue weighted by molar-refractivity contribution is -0.149. The minimum atomic E-state index is -0.481. The van der Waals surface area contributed by atoms with Gasteiger partial charge in [0.25, 0.3) is 5.91 Å². The summed E-state index contributed by atoms with van der Waals surface area (Å²) in [6.07, 6.45) is 0.0775. The molecule has 0 spiro atoms. The van der Waals surface area contributed by atoms with Gasteiger partial charge in [-0.15, -0.1) is 0 Å². The van der Waals surface area contributed by atoms with Gasteiger partial charge < -0.3 is 19.5 Å². The number of esters is 1. The van der Waals surface area contributed by atoms with Crippen LogP contribution < -0.4 is 14.8 Å². The Morgan fingerprint density at radius 3 is 2.42 bits per heavy atom. The van der Waals surface area contributed by atoms with Crippen molar-refractivity contribution in [1.82, 2.24) is 5.32 Å². The van der Waals surface area contributed by atoms with Crippen LogP contribution in [0.25, 0.3) is 0 Å². The molecule has 138 valence electrons. The van der Waals surface area contributed by atoms with Crippen LogP contribution in [0.5, 0.6) is 11.5 Å². The lowest BCUT2D eigenvalue weighted by Crippen LogP contribution is -2.28. The molecule has 0 fully saturated rings. The summed E-state index contributed by atoms with van der Waals surface area (Å²) in [6, 6.07) is 14.9. The van der Waals surface area contributed by atoms with Crippen molar-refractivity contribution >= 4 is 11.9 Å². The Balaban J connectivity index is 1.65. The van der Waals surface area contributed by atoms with Crippen LogP contribution in [-0.2, 0) is 20.9 Å². The van der Waals surface area contributed by atoms with Crippen LogP contribution in [0, 0.1) is 6.92 Å². The standard InChI is InChI=1S/C20H23NO5/c1-15-7-3-5-9-17(15)25-12-11-20(23)26-14-19(22)21-13-16-8-4-6-10-18(16)24-2/h3-10H,11-14H2,1-2H3,(H,21,22). The number of methoxy groups -OCH3 is 1. The predicted molar refractivity (Wildman–Crippen MR) is 97.1 cm³/mol. The van der Waals surface area contributed by atoms with Gasteiger partial charge in [0, 0.05) is 12.1 Å². The summed E-state index contributed by atoms with van der Waals surface area (Å²) in [5.41, 5.74) is 1.85. The molecule has 2 aromatic carbocycles. The van der Waals surface area contributed by atoms with Crippen molar-refractivity contribution in [3.63, 3.8) is 0 Å². The summed E-state index contributed by atoms with van der Waals surface area (Å²) in [5.74, 6) is 0.572. The Kier molecular flexibility index (Phi) is 7.49. The Bertz CT molecular complexity index is 744. The minimum Gasteiger partial charge on any atom is -0.496 e. The van der Waals surface area contributed by atoms with Gasteiger partial charge in [-0.2, -0.15) is 0 Å². The number of ether oxygens (including phenoxy) is 3. The highest BCUT2D eigenvalue weighted by Crippen LogP contribution is 2.17. The Labute approximate surface area is 153 Å². The Hall–Kier alpha value is -3.02. The van der Waals surface area contributed by atoms with Crippen molar-refractivity contribution in [1.29, 1.82) is 0 Å². The quantitative estimate of drug-likeness (QED) is 0.699. The van der Waals surface area contributed by atoms with Gasteiger partial charge in [0.15, 0.2) is 6.61 Å². The fourth-order valence-electron chi connectivity index (χ4n) is 2.27. The average molecular weight is 357 g/mol. The molecule has 0 bridgehead atoms. The van der Waals surface area contributed by atoms with E-state index >= 15 is 0 Å². The number of carbonyl (C=O) groups excluding carboxylic acids is 2. The third kappa shape index (κ3) is 6.12. The molecule has 0 radical (unpaired) electrons. The molecule has 6 nitrogen and oxygen atoms in total. The minimum absolute atomic E-state index is 0.0775. The molecule has 2 rings (SSSR count). The zero-order valence-electron chi connectivity index (χ0n) is 15.0. The lowest BCUT2D eigenvalue weighted by atomic mass is 10.2. The van der Waals surface area contributed by atoms with Gasteiger partial charge in [-0.25, -0.2) is 0 Å². The van der Waals surface area contributed by atoms with Gasteiger partial charge in [-0.05, 0) is 24.6 Å².